The van der Waals surface area contributed by atoms with Gasteiger partial charge in [-0.05, 0) is 49.9 Å². The van der Waals surface area contributed by atoms with Crippen LogP contribution in [-0.4, -0.2) is 30.5 Å². The van der Waals surface area contributed by atoms with Gasteiger partial charge in [-0.1, -0.05) is 11.2 Å². The van der Waals surface area contributed by atoms with Crippen molar-refractivity contribution in [3.8, 4) is 28.6 Å². The van der Waals surface area contributed by atoms with E-state index < -0.39 is 0 Å². The zero-order valence-corrected chi connectivity index (χ0v) is 16.7. The van der Waals surface area contributed by atoms with Crippen LogP contribution in [0.3, 0.4) is 0 Å². The van der Waals surface area contributed by atoms with E-state index in [2.05, 4.69) is 15.5 Å². The molecule has 4 rings (SSSR count). The van der Waals surface area contributed by atoms with Crippen molar-refractivity contribution in [1.29, 1.82) is 0 Å². The van der Waals surface area contributed by atoms with Gasteiger partial charge in [0.15, 0.2) is 0 Å². The summed E-state index contributed by atoms with van der Waals surface area (Å²) in [5, 5.41) is 7.39. The first-order chi connectivity index (χ1) is 14.2. The molecular weight excluding hydrogens is 370 g/mol. The molecule has 1 N–H and O–H groups in total. The van der Waals surface area contributed by atoms with Crippen LogP contribution in [0.5, 0.6) is 17.2 Å². The van der Waals surface area contributed by atoms with Gasteiger partial charge in [-0.25, -0.2) is 0 Å². The fourth-order valence-corrected chi connectivity index (χ4v) is 3.48. The highest BCUT2D eigenvalue weighted by Gasteiger charge is 2.17. The molecule has 0 radical (unpaired) electrons. The molecule has 0 spiro atoms. The summed E-state index contributed by atoms with van der Waals surface area (Å²) < 4.78 is 22.1. The van der Waals surface area contributed by atoms with Gasteiger partial charge in [0.25, 0.3) is 0 Å². The first-order valence-electron chi connectivity index (χ1n) is 9.81. The van der Waals surface area contributed by atoms with Crippen LogP contribution < -0.4 is 19.5 Å². The number of aromatic nitrogens is 2. The van der Waals surface area contributed by atoms with Crippen LogP contribution in [0.15, 0.2) is 47.0 Å². The van der Waals surface area contributed by atoms with Gasteiger partial charge in [0, 0.05) is 17.8 Å². The van der Waals surface area contributed by atoms with Crippen molar-refractivity contribution in [1.82, 2.24) is 10.1 Å². The number of benzene rings is 2. The number of anilines is 1. The summed E-state index contributed by atoms with van der Waals surface area (Å²) in [7, 11) is 3.21. The lowest BCUT2D eigenvalue weighted by Gasteiger charge is -2.14. The monoisotopic (exact) mass is 395 g/mol. The lowest BCUT2D eigenvalue weighted by Crippen LogP contribution is -2.11. The van der Waals surface area contributed by atoms with Gasteiger partial charge in [0.2, 0.25) is 11.7 Å². The maximum atomic E-state index is 6.06. The van der Waals surface area contributed by atoms with Crippen LogP contribution in [0.25, 0.3) is 11.4 Å². The van der Waals surface area contributed by atoms with Gasteiger partial charge in [0.05, 0.1) is 32.4 Å². The summed E-state index contributed by atoms with van der Waals surface area (Å²) in [4.78, 5) is 4.47. The molecule has 7 nitrogen and oxygen atoms in total. The third-order valence-electron chi connectivity index (χ3n) is 5.00. The fourth-order valence-electron chi connectivity index (χ4n) is 3.48. The van der Waals surface area contributed by atoms with E-state index in [1.54, 1.807) is 20.3 Å². The molecule has 0 amide bonds. The summed E-state index contributed by atoms with van der Waals surface area (Å²) in [6, 6.07) is 13.4. The molecule has 2 aromatic carbocycles. The van der Waals surface area contributed by atoms with Gasteiger partial charge >= 0.3 is 0 Å². The zero-order chi connectivity index (χ0) is 20.1. The van der Waals surface area contributed by atoms with Gasteiger partial charge in [-0.2, -0.15) is 4.98 Å². The Morgan fingerprint density at radius 1 is 1.03 bits per heavy atom. The molecule has 3 aromatic rings. The lowest BCUT2D eigenvalue weighted by atomic mass is 10.2. The van der Waals surface area contributed by atoms with Crippen LogP contribution in [0, 0.1) is 0 Å². The number of hydrogen-bond acceptors (Lipinski definition) is 7. The molecule has 1 aliphatic rings. The van der Waals surface area contributed by atoms with Crippen molar-refractivity contribution in [3.05, 3.63) is 48.4 Å². The minimum absolute atomic E-state index is 0.336. The van der Waals surface area contributed by atoms with Crippen molar-refractivity contribution in [2.24, 2.45) is 0 Å². The average Bonchev–Trinajstić information content (AvgIpc) is 3.44. The Bertz CT molecular complexity index is 951. The minimum Gasteiger partial charge on any atom is -0.497 e. The van der Waals surface area contributed by atoms with Crippen LogP contribution >= 0.6 is 0 Å². The van der Waals surface area contributed by atoms with E-state index in [-0.39, 0.29) is 0 Å². The number of hydrogen-bond donors (Lipinski definition) is 1. The summed E-state index contributed by atoms with van der Waals surface area (Å²) in [5.41, 5.74) is 1.69. The highest BCUT2D eigenvalue weighted by atomic mass is 16.5. The van der Waals surface area contributed by atoms with Crippen LogP contribution in [0.2, 0.25) is 0 Å². The largest absolute Gasteiger partial charge is 0.497 e. The standard InChI is InChI=1S/C22H25N3O4/c1-26-17-10-11-19(20(13-17)27-2)22-24-21(29-25-22)14-23-15-6-5-9-18(12-15)28-16-7-3-4-8-16/h5-6,9-13,16,23H,3-4,7-8,14H2,1-2H3. The molecule has 0 saturated heterocycles. The highest BCUT2D eigenvalue weighted by molar-refractivity contribution is 5.65. The van der Waals surface area contributed by atoms with E-state index in [1.165, 1.54) is 12.8 Å². The summed E-state index contributed by atoms with van der Waals surface area (Å²) >= 11 is 0. The second kappa shape index (κ2) is 8.86. The van der Waals surface area contributed by atoms with Gasteiger partial charge < -0.3 is 24.1 Å². The van der Waals surface area contributed by atoms with E-state index in [1.807, 2.05) is 36.4 Å². The molecule has 7 heteroatoms. The second-order valence-corrected chi connectivity index (χ2v) is 6.98. The van der Waals surface area contributed by atoms with Crippen molar-refractivity contribution >= 4 is 5.69 Å². The summed E-state index contributed by atoms with van der Waals surface area (Å²) in [6.07, 6.45) is 5.11. The summed E-state index contributed by atoms with van der Waals surface area (Å²) in [5.74, 6) is 3.17. The van der Waals surface area contributed by atoms with Gasteiger partial charge in [-0.3, -0.25) is 0 Å². The lowest BCUT2D eigenvalue weighted by molar-refractivity contribution is 0.210. The molecule has 0 bridgehead atoms. The third kappa shape index (κ3) is 4.62. The molecule has 1 fully saturated rings. The molecule has 1 heterocycles. The van der Waals surface area contributed by atoms with E-state index in [0.717, 1.165) is 29.8 Å². The number of nitrogens with one attached hydrogen (secondary N) is 1. The topological polar surface area (TPSA) is 78.6 Å². The fraction of sp³-hybridized carbons (Fsp3) is 0.364. The van der Waals surface area contributed by atoms with E-state index in [0.29, 0.717) is 35.9 Å². The van der Waals surface area contributed by atoms with Crippen LogP contribution in [-0.2, 0) is 6.54 Å². The Labute approximate surface area is 170 Å². The highest BCUT2D eigenvalue weighted by Crippen LogP contribution is 2.31. The quantitative estimate of drug-likeness (QED) is 0.593. The molecule has 29 heavy (non-hydrogen) atoms. The Morgan fingerprint density at radius 2 is 1.90 bits per heavy atom. The molecule has 0 unspecified atom stereocenters. The number of methoxy groups -OCH3 is 2. The Balaban J connectivity index is 1.41. The zero-order valence-electron chi connectivity index (χ0n) is 16.7. The van der Waals surface area contributed by atoms with Crippen molar-refractivity contribution in [2.75, 3.05) is 19.5 Å². The molecule has 1 aliphatic carbocycles. The molecular formula is C22H25N3O4. The van der Waals surface area contributed by atoms with Crippen molar-refractivity contribution in [2.45, 2.75) is 38.3 Å². The van der Waals surface area contributed by atoms with Crippen LogP contribution in [0.4, 0.5) is 5.69 Å². The maximum absolute atomic E-state index is 6.06. The molecule has 152 valence electrons. The average molecular weight is 395 g/mol. The molecule has 0 aliphatic heterocycles. The van der Waals surface area contributed by atoms with E-state index in [4.69, 9.17) is 18.7 Å². The molecule has 1 saturated carbocycles. The normalized spacial score (nSPS) is 14.0. The summed E-state index contributed by atoms with van der Waals surface area (Å²) in [6.45, 7) is 0.415. The predicted octanol–water partition coefficient (Wildman–Crippen LogP) is 4.69. The number of rotatable bonds is 8. The smallest absolute Gasteiger partial charge is 0.246 e. The number of ether oxygens (including phenoxy) is 3. The Kier molecular flexibility index (Phi) is 5.84. The number of nitrogens with zero attached hydrogens (tertiary/aromatic N) is 2. The molecule has 0 atom stereocenters. The first kappa shape index (κ1) is 19.1. The molecule has 1 aromatic heterocycles. The maximum Gasteiger partial charge on any atom is 0.246 e. The van der Waals surface area contributed by atoms with E-state index >= 15 is 0 Å². The minimum atomic E-state index is 0.336. The Morgan fingerprint density at radius 3 is 2.69 bits per heavy atom. The first-order valence-corrected chi connectivity index (χ1v) is 9.81. The van der Waals surface area contributed by atoms with Crippen LogP contribution in [0.1, 0.15) is 31.6 Å². The van der Waals surface area contributed by atoms with Crippen molar-refractivity contribution < 1.29 is 18.7 Å². The SMILES string of the molecule is COc1ccc(-c2noc(CNc3cccc(OC4CCCC4)c3)n2)c(OC)c1. The third-order valence-corrected chi connectivity index (χ3v) is 5.00. The Hall–Kier alpha value is -3.22. The van der Waals surface area contributed by atoms with Gasteiger partial charge in [-0.15, -0.1) is 0 Å². The predicted molar refractivity (Wildman–Crippen MR) is 109 cm³/mol. The van der Waals surface area contributed by atoms with Gasteiger partial charge in [0.1, 0.15) is 17.2 Å². The van der Waals surface area contributed by atoms with E-state index in [9.17, 15) is 0 Å². The second-order valence-electron chi connectivity index (χ2n) is 6.98. The van der Waals surface area contributed by atoms with Crippen molar-refractivity contribution in [3.63, 3.8) is 0 Å².